The van der Waals surface area contributed by atoms with Gasteiger partial charge in [0.05, 0.1) is 0 Å². The van der Waals surface area contributed by atoms with Crippen molar-refractivity contribution in [1.82, 2.24) is 10.3 Å². The van der Waals surface area contributed by atoms with Crippen LogP contribution in [0, 0.1) is 6.92 Å². The van der Waals surface area contributed by atoms with E-state index in [0.717, 1.165) is 74.0 Å². The van der Waals surface area contributed by atoms with Crippen LogP contribution in [0.1, 0.15) is 78.2 Å². The van der Waals surface area contributed by atoms with E-state index in [9.17, 15) is 9.59 Å². The molecule has 1 aromatic carbocycles. The predicted molar refractivity (Wildman–Crippen MR) is 138 cm³/mol. The van der Waals surface area contributed by atoms with Crippen molar-refractivity contribution in [2.45, 2.75) is 83.8 Å². The molecule has 0 radical (unpaired) electrons. The number of nitrogens with one attached hydrogen (secondary N) is 2. The first kappa shape index (κ1) is 24.3. The van der Waals surface area contributed by atoms with Gasteiger partial charge in [0.15, 0.2) is 0 Å². The third-order valence-electron chi connectivity index (χ3n) is 7.32. The van der Waals surface area contributed by atoms with Gasteiger partial charge in [-0.25, -0.2) is 0 Å². The van der Waals surface area contributed by atoms with E-state index in [1.54, 1.807) is 0 Å². The number of carbonyl (C=O) groups excluding carboxylic acids is 1. The van der Waals surface area contributed by atoms with Gasteiger partial charge in [-0.1, -0.05) is 18.2 Å². The smallest absolute Gasteiger partial charge is 0.253 e. The maximum Gasteiger partial charge on any atom is 0.253 e. The summed E-state index contributed by atoms with van der Waals surface area (Å²) in [7, 11) is 0. The van der Waals surface area contributed by atoms with Gasteiger partial charge in [-0.15, -0.1) is 0 Å². The number of nitrogens with zero attached hydrogens (tertiary/aromatic N) is 1. The quantitative estimate of drug-likeness (QED) is 0.598. The fourth-order valence-corrected chi connectivity index (χ4v) is 5.50. The number of hydrogen-bond acceptors (Lipinski definition) is 4. The number of amides is 1. The Kier molecular flexibility index (Phi) is 7.88. The van der Waals surface area contributed by atoms with E-state index in [4.69, 9.17) is 5.73 Å². The van der Waals surface area contributed by atoms with Gasteiger partial charge in [-0.2, -0.15) is 0 Å². The number of anilines is 1. The van der Waals surface area contributed by atoms with E-state index in [-0.39, 0.29) is 18.0 Å². The predicted octanol–water partition coefficient (Wildman–Crippen LogP) is 4.14. The fourth-order valence-electron chi connectivity index (χ4n) is 5.50. The van der Waals surface area contributed by atoms with Crippen LogP contribution in [0.3, 0.4) is 0 Å². The Morgan fingerprint density at radius 3 is 2.65 bits per heavy atom. The Morgan fingerprint density at radius 1 is 1.09 bits per heavy atom. The number of aromatic amines is 1. The van der Waals surface area contributed by atoms with Crippen LogP contribution in [0.4, 0.5) is 5.69 Å². The van der Waals surface area contributed by atoms with Gasteiger partial charge in [-0.3, -0.25) is 9.59 Å². The maximum absolute atomic E-state index is 13.4. The van der Waals surface area contributed by atoms with E-state index in [1.807, 2.05) is 25.1 Å². The summed E-state index contributed by atoms with van der Waals surface area (Å²) in [5.74, 6) is -0.128. The second-order valence-corrected chi connectivity index (χ2v) is 9.69. The summed E-state index contributed by atoms with van der Waals surface area (Å²) >= 11 is 0. The molecule has 1 saturated carbocycles. The van der Waals surface area contributed by atoms with Gasteiger partial charge in [0.1, 0.15) is 0 Å². The van der Waals surface area contributed by atoms with Crippen molar-refractivity contribution in [2.75, 3.05) is 11.4 Å². The molecule has 0 bridgehead atoms. The van der Waals surface area contributed by atoms with E-state index in [0.29, 0.717) is 29.6 Å². The Morgan fingerprint density at radius 2 is 1.88 bits per heavy atom. The number of H-pyrrole nitrogens is 1. The third kappa shape index (κ3) is 5.44. The largest absolute Gasteiger partial charge is 0.369 e. The van der Waals surface area contributed by atoms with E-state index in [2.05, 4.69) is 40.3 Å². The van der Waals surface area contributed by atoms with Gasteiger partial charge in [-0.05, 0) is 94.5 Å². The van der Waals surface area contributed by atoms with Crippen molar-refractivity contribution in [3.8, 4) is 0 Å². The lowest BCUT2D eigenvalue weighted by Gasteiger charge is -2.38. The molecule has 1 fully saturated rings. The first-order valence-corrected chi connectivity index (χ1v) is 12.8. The summed E-state index contributed by atoms with van der Waals surface area (Å²) in [6.45, 7) is 5.22. The monoisotopic (exact) mass is 462 g/mol. The molecular formula is C28H38N4O2. The first-order valence-electron chi connectivity index (χ1n) is 12.8. The molecule has 1 aromatic heterocycles. The summed E-state index contributed by atoms with van der Waals surface area (Å²) in [5, 5.41) is 3.05. The number of carbonyl (C=O) groups is 1. The van der Waals surface area contributed by atoms with Gasteiger partial charge in [0.2, 0.25) is 0 Å². The lowest BCUT2D eigenvalue weighted by molar-refractivity contribution is 0.0950. The van der Waals surface area contributed by atoms with Crippen LogP contribution in [0.5, 0.6) is 0 Å². The summed E-state index contributed by atoms with van der Waals surface area (Å²) in [6, 6.07) is 8.83. The van der Waals surface area contributed by atoms with Gasteiger partial charge in [0, 0.05) is 47.7 Å². The Hall–Kier alpha value is -2.86. The Labute approximate surface area is 202 Å². The number of aryl methyl sites for hydroxylation is 2. The molecule has 4 N–H and O–H groups in total. The third-order valence-corrected chi connectivity index (χ3v) is 7.32. The van der Waals surface area contributed by atoms with E-state index < -0.39 is 0 Å². The van der Waals surface area contributed by atoms with Crippen LogP contribution < -0.4 is 21.5 Å². The fraction of sp³-hybridized carbons (Fsp3) is 0.500. The second-order valence-electron chi connectivity index (χ2n) is 9.69. The molecule has 2 aliphatic rings. The summed E-state index contributed by atoms with van der Waals surface area (Å²) in [4.78, 5) is 31.4. The van der Waals surface area contributed by atoms with Crippen LogP contribution in [0.2, 0.25) is 0 Å². The highest BCUT2D eigenvalue weighted by Gasteiger charge is 2.26. The van der Waals surface area contributed by atoms with Crippen LogP contribution in [-0.4, -0.2) is 29.5 Å². The van der Waals surface area contributed by atoms with Crippen molar-refractivity contribution < 1.29 is 4.79 Å². The zero-order valence-corrected chi connectivity index (χ0v) is 20.5. The summed E-state index contributed by atoms with van der Waals surface area (Å²) < 4.78 is 0. The highest BCUT2D eigenvalue weighted by atomic mass is 16.1. The lowest BCUT2D eigenvalue weighted by atomic mass is 9.89. The van der Waals surface area contributed by atoms with Crippen LogP contribution in [0.15, 0.2) is 41.2 Å². The molecule has 2 heterocycles. The highest BCUT2D eigenvalue weighted by Crippen LogP contribution is 2.32. The second kappa shape index (κ2) is 11.0. The van der Waals surface area contributed by atoms with Crippen molar-refractivity contribution in [1.29, 1.82) is 0 Å². The summed E-state index contributed by atoms with van der Waals surface area (Å²) in [6.07, 6.45) is 12.1. The minimum atomic E-state index is -0.128. The number of aromatic nitrogens is 1. The minimum absolute atomic E-state index is 0.109. The standard InChI is InChI=1S/C28H38N4O2/c1-3-32(22-15-13-21(29)14-16-22)26-12-8-11-24-23(26)10-7-5-4-6-9-20-17-19(2)31-28(34)25(20)18-30-27(24)33/h5,7-8,11-12,17,21-22H,3-4,6,9-10,13-16,18,29H2,1-2H3,(H,30,33)(H,31,34). The maximum atomic E-state index is 13.4. The van der Waals surface area contributed by atoms with Crippen molar-refractivity contribution >= 4 is 11.6 Å². The average Bonchev–Trinajstić information content (AvgIpc) is 2.83. The normalized spacial score (nSPS) is 21.3. The van der Waals surface area contributed by atoms with Gasteiger partial charge < -0.3 is 20.9 Å². The zero-order chi connectivity index (χ0) is 24.1. The SMILES string of the molecule is CCN(c1cccc2c1CC=CCCCc1cc(C)[nH]c(=O)c1CNC2=O)C1CCC(N)CC1. The molecule has 182 valence electrons. The van der Waals surface area contributed by atoms with E-state index >= 15 is 0 Å². The molecule has 2 aromatic rings. The molecular weight excluding hydrogens is 424 g/mol. The Balaban J connectivity index is 1.69. The van der Waals surface area contributed by atoms with Crippen molar-refractivity contribution in [2.24, 2.45) is 5.73 Å². The Bertz CT molecular complexity index is 1100. The number of allylic oxidation sites excluding steroid dienone is 2. The number of rotatable bonds is 3. The number of benzene rings is 1. The van der Waals surface area contributed by atoms with E-state index in [1.165, 1.54) is 0 Å². The minimum Gasteiger partial charge on any atom is -0.369 e. The molecule has 1 amide bonds. The van der Waals surface area contributed by atoms with Crippen LogP contribution in [0.25, 0.3) is 0 Å². The molecule has 0 saturated heterocycles. The number of fused-ring (bicyclic) bond motifs is 2. The molecule has 34 heavy (non-hydrogen) atoms. The summed E-state index contributed by atoms with van der Waals surface area (Å²) in [5.41, 5.74) is 11.5. The average molecular weight is 463 g/mol. The number of pyridine rings is 1. The molecule has 0 atom stereocenters. The first-order chi connectivity index (χ1) is 16.5. The topological polar surface area (TPSA) is 91.2 Å². The lowest BCUT2D eigenvalue weighted by Crippen LogP contribution is -2.41. The molecule has 4 rings (SSSR count). The van der Waals surface area contributed by atoms with Gasteiger partial charge >= 0.3 is 0 Å². The molecule has 0 unspecified atom stereocenters. The van der Waals surface area contributed by atoms with Crippen LogP contribution in [-0.2, 0) is 19.4 Å². The molecule has 6 nitrogen and oxygen atoms in total. The number of hydrogen-bond donors (Lipinski definition) is 3. The molecule has 1 aliphatic carbocycles. The number of nitrogens with two attached hydrogens (primary N) is 1. The zero-order valence-electron chi connectivity index (χ0n) is 20.5. The molecule has 0 spiro atoms. The van der Waals surface area contributed by atoms with Crippen molar-refractivity contribution in [3.05, 3.63) is 74.7 Å². The molecule has 1 aliphatic heterocycles. The van der Waals surface area contributed by atoms with Crippen LogP contribution >= 0.6 is 0 Å². The highest BCUT2D eigenvalue weighted by molar-refractivity contribution is 5.97. The molecule has 6 heteroatoms. The van der Waals surface area contributed by atoms with Crippen molar-refractivity contribution in [3.63, 3.8) is 0 Å². The van der Waals surface area contributed by atoms with Gasteiger partial charge in [0.25, 0.3) is 11.5 Å².